The van der Waals surface area contributed by atoms with E-state index in [2.05, 4.69) is 26.3 Å². The van der Waals surface area contributed by atoms with Gasteiger partial charge < -0.3 is 16.0 Å². The lowest BCUT2D eigenvalue weighted by Crippen LogP contribution is -2.69. The van der Waals surface area contributed by atoms with Crippen molar-refractivity contribution in [1.82, 2.24) is 21.3 Å². The Morgan fingerprint density at radius 2 is 2.38 bits per heavy atom. The first-order chi connectivity index (χ1) is 6.31. The predicted molar refractivity (Wildman–Crippen MR) is 47.6 cm³/mol. The van der Waals surface area contributed by atoms with Gasteiger partial charge in [0.1, 0.15) is 5.84 Å². The standard InChI is InChI=1S/C7H11N5O/c1-8-7-11-5-4(6(13)12-7)9-2-3-10-5/h2-4,7-9H,1H3,(H,10,11)(H,12,13). The summed E-state index contributed by atoms with van der Waals surface area (Å²) in [6, 6.07) is -0.380. The number of carbonyl (C=O) groups is 1. The molecule has 0 aliphatic carbocycles. The fourth-order valence-corrected chi connectivity index (χ4v) is 1.28. The zero-order chi connectivity index (χ0) is 9.26. The SMILES string of the molecule is CNC1NC(=O)C2NC=CN=C2N1. The third kappa shape index (κ3) is 1.35. The van der Waals surface area contributed by atoms with E-state index >= 15 is 0 Å². The van der Waals surface area contributed by atoms with Crippen LogP contribution in [-0.2, 0) is 4.79 Å². The van der Waals surface area contributed by atoms with E-state index in [9.17, 15) is 4.79 Å². The van der Waals surface area contributed by atoms with E-state index in [4.69, 9.17) is 0 Å². The van der Waals surface area contributed by atoms with Gasteiger partial charge in [-0.1, -0.05) is 0 Å². The molecule has 0 saturated carbocycles. The minimum Gasteiger partial charge on any atom is -0.372 e. The highest BCUT2D eigenvalue weighted by Gasteiger charge is 2.32. The molecule has 0 aromatic carbocycles. The smallest absolute Gasteiger partial charge is 0.252 e. The maximum atomic E-state index is 11.4. The minimum absolute atomic E-state index is 0.0822. The lowest BCUT2D eigenvalue weighted by molar-refractivity contribution is -0.123. The number of hydrogen-bond acceptors (Lipinski definition) is 5. The van der Waals surface area contributed by atoms with Crippen molar-refractivity contribution in [2.75, 3.05) is 7.05 Å². The summed E-state index contributed by atoms with van der Waals surface area (Å²) >= 11 is 0. The quantitative estimate of drug-likeness (QED) is 0.379. The van der Waals surface area contributed by atoms with Crippen molar-refractivity contribution in [2.45, 2.75) is 12.3 Å². The molecule has 2 aliphatic rings. The van der Waals surface area contributed by atoms with E-state index in [0.717, 1.165) is 0 Å². The van der Waals surface area contributed by atoms with Crippen LogP contribution in [0.1, 0.15) is 0 Å². The van der Waals surface area contributed by atoms with Crippen molar-refractivity contribution in [1.29, 1.82) is 0 Å². The van der Waals surface area contributed by atoms with Gasteiger partial charge in [-0.2, -0.15) is 0 Å². The minimum atomic E-state index is -0.380. The summed E-state index contributed by atoms with van der Waals surface area (Å²) in [5, 5.41) is 11.5. The fourth-order valence-electron chi connectivity index (χ4n) is 1.28. The van der Waals surface area contributed by atoms with Gasteiger partial charge in [-0.3, -0.25) is 10.1 Å². The van der Waals surface area contributed by atoms with Gasteiger partial charge in [-0.15, -0.1) is 0 Å². The Labute approximate surface area is 75.5 Å². The number of rotatable bonds is 1. The molecule has 2 rings (SSSR count). The number of amidine groups is 1. The summed E-state index contributed by atoms with van der Waals surface area (Å²) in [4.78, 5) is 15.5. The van der Waals surface area contributed by atoms with Crippen molar-refractivity contribution in [3.63, 3.8) is 0 Å². The van der Waals surface area contributed by atoms with Crippen molar-refractivity contribution in [2.24, 2.45) is 4.99 Å². The average Bonchev–Trinajstić information content (AvgIpc) is 2.18. The van der Waals surface area contributed by atoms with Crippen LogP contribution < -0.4 is 21.3 Å². The Kier molecular flexibility index (Phi) is 1.90. The molecule has 2 atom stereocenters. The molecule has 6 heteroatoms. The third-order valence-corrected chi connectivity index (χ3v) is 1.95. The van der Waals surface area contributed by atoms with Crippen LogP contribution in [0.15, 0.2) is 17.4 Å². The number of hydrogen-bond donors (Lipinski definition) is 4. The highest BCUT2D eigenvalue weighted by Crippen LogP contribution is 2.00. The maximum Gasteiger partial charge on any atom is 0.252 e. The second kappa shape index (κ2) is 3.06. The van der Waals surface area contributed by atoms with Crippen LogP contribution in [0.5, 0.6) is 0 Å². The van der Waals surface area contributed by atoms with E-state index in [-0.39, 0.29) is 18.2 Å². The van der Waals surface area contributed by atoms with Gasteiger partial charge in [0.05, 0.1) is 0 Å². The molecule has 70 valence electrons. The molecule has 1 amide bonds. The number of carbonyl (C=O) groups excluding carboxylic acids is 1. The molecule has 2 unspecified atom stereocenters. The summed E-state index contributed by atoms with van der Waals surface area (Å²) < 4.78 is 0. The first-order valence-electron chi connectivity index (χ1n) is 4.04. The highest BCUT2D eigenvalue weighted by atomic mass is 16.2. The van der Waals surface area contributed by atoms with Gasteiger partial charge in [-0.25, -0.2) is 4.99 Å². The van der Waals surface area contributed by atoms with Gasteiger partial charge in [0.2, 0.25) is 0 Å². The summed E-state index contributed by atoms with van der Waals surface area (Å²) in [5.74, 6) is 0.562. The lowest BCUT2D eigenvalue weighted by Gasteiger charge is -2.32. The Morgan fingerprint density at radius 3 is 3.15 bits per heavy atom. The molecule has 2 aliphatic heterocycles. The molecule has 1 fully saturated rings. The molecule has 4 N–H and O–H groups in total. The van der Waals surface area contributed by atoms with Crippen LogP contribution in [-0.4, -0.2) is 31.1 Å². The number of nitrogens with zero attached hydrogens (tertiary/aromatic N) is 1. The summed E-state index contributed by atoms with van der Waals surface area (Å²) in [6.45, 7) is 0. The van der Waals surface area contributed by atoms with Crippen molar-refractivity contribution in [3.8, 4) is 0 Å². The Hall–Kier alpha value is -1.56. The van der Waals surface area contributed by atoms with Crippen LogP contribution in [0.2, 0.25) is 0 Å². The van der Waals surface area contributed by atoms with Crippen LogP contribution >= 0.6 is 0 Å². The first kappa shape index (κ1) is 8.06. The number of amides is 1. The monoisotopic (exact) mass is 181 g/mol. The fraction of sp³-hybridized carbons (Fsp3) is 0.429. The van der Waals surface area contributed by atoms with E-state index in [1.807, 2.05) is 0 Å². The van der Waals surface area contributed by atoms with Gasteiger partial charge in [0, 0.05) is 12.4 Å². The van der Waals surface area contributed by atoms with Crippen molar-refractivity contribution < 1.29 is 4.79 Å². The lowest BCUT2D eigenvalue weighted by atomic mass is 10.2. The average molecular weight is 181 g/mol. The van der Waals surface area contributed by atoms with Crippen LogP contribution in [0.3, 0.4) is 0 Å². The summed E-state index contributed by atoms with van der Waals surface area (Å²) in [7, 11) is 1.75. The number of nitrogens with one attached hydrogen (secondary N) is 4. The Balaban J connectivity index is 2.18. The molecule has 0 aromatic heterocycles. The molecular formula is C7H11N5O. The van der Waals surface area contributed by atoms with Crippen molar-refractivity contribution >= 4 is 11.7 Å². The number of fused-ring (bicyclic) bond motifs is 1. The Bertz CT molecular complexity index is 285. The van der Waals surface area contributed by atoms with E-state index in [1.54, 1.807) is 19.4 Å². The van der Waals surface area contributed by atoms with Gasteiger partial charge in [0.15, 0.2) is 12.3 Å². The maximum absolute atomic E-state index is 11.4. The second-order valence-corrected chi connectivity index (χ2v) is 2.80. The summed E-state index contributed by atoms with van der Waals surface area (Å²) in [6.07, 6.45) is 3.02. The van der Waals surface area contributed by atoms with Gasteiger partial charge in [0.25, 0.3) is 5.91 Å². The Morgan fingerprint density at radius 1 is 1.54 bits per heavy atom. The topological polar surface area (TPSA) is 77.5 Å². The number of aliphatic imine (C=N–C) groups is 1. The van der Waals surface area contributed by atoms with Crippen LogP contribution in [0.4, 0.5) is 0 Å². The molecule has 6 nitrogen and oxygen atoms in total. The van der Waals surface area contributed by atoms with E-state index < -0.39 is 0 Å². The van der Waals surface area contributed by atoms with E-state index in [0.29, 0.717) is 5.84 Å². The molecule has 2 heterocycles. The molecule has 0 spiro atoms. The second-order valence-electron chi connectivity index (χ2n) is 2.80. The zero-order valence-corrected chi connectivity index (χ0v) is 7.16. The predicted octanol–water partition coefficient (Wildman–Crippen LogP) is -1.95. The van der Waals surface area contributed by atoms with Gasteiger partial charge >= 0.3 is 0 Å². The molecule has 0 aromatic rings. The normalized spacial score (nSPS) is 30.8. The van der Waals surface area contributed by atoms with Crippen LogP contribution in [0.25, 0.3) is 0 Å². The molecule has 0 bridgehead atoms. The van der Waals surface area contributed by atoms with Crippen molar-refractivity contribution in [3.05, 3.63) is 12.4 Å². The highest BCUT2D eigenvalue weighted by molar-refractivity contribution is 6.09. The molecule has 1 saturated heterocycles. The summed E-state index contributed by atoms with van der Waals surface area (Å²) in [5.41, 5.74) is 0. The molecular weight excluding hydrogens is 170 g/mol. The van der Waals surface area contributed by atoms with E-state index in [1.165, 1.54) is 0 Å². The largest absolute Gasteiger partial charge is 0.372 e. The molecule has 0 radical (unpaired) electrons. The van der Waals surface area contributed by atoms with Crippen LogP contribution in [0, 0.1) is 0 Å². The van der Waals surface area contributed by atoms with Gasteiger partial charge in [-0.05, 0) is 7.05 Å². The molecule has 13 heavy (non-hydrogen) atoms. The first-order valence-corrected chi connectivity index (χ1v) is 4.04. The third-order valence-electron chi connectivity index (χ3n) is 1.95. The zero-order valence-electron chi connectivity index (χ0n) is 7.16.